The van der Waals surface area contributed by atoms with Gasteiger partial charge in [0.1, 0.15) is 5.82 Å². The molecular weight excluding hydrogens is 363 g/mol. The number of hydrogen-bond donors (Lipinski definition) is 1. The van der Waals surface area contributed by atoms with Crippen molar-refractivity contribution in [1.29, 1.82) is 0 Å². The van der Waals surface area contributed by atoms with Gasteiger partial charge in [-0.25, -0.2) is 4.39 Å². The Labute approximate surface area is 168 Å². The predicted octanol–water partition coefficient (Wildman–Crippen LogP) is 6.26. The first-order valence-electron chi connectivity index (χ1n) is 9.31. The lowest BCUT2D eigenvalue weighted by molar-refractivity contribution is 0.104. The van der Waals surface area contributed by atoms with Crippen LogP contribution < -0.4 is 0 Å². The second-order valence-corrected chi connectivity index (χ2v) is 6.70. The number of aromatic amines is 1. The van der Waals surface area contributed by atoms with Crippen molar-refractivity contribution in [3.63, 3.8) is 0 Å². The van der Waals surface area contributed by atoms with Gasteiger partial charge >= 0.3 is 0 Å². The van der Waals surface area contributed by atoms with E-state index < -0.39 is 0 Å². The molecule has 0 amide bonds. The number of allylic oxidation sites excluding steroid dienone is 1. The maximum absolute atomic E-state index is 13.8. The third-order valence-corrected chi connectivity index (χ3v) is 4.77. The number of halogens is 1. The molecule has 3 nitrogen and oxygen atoms in total. The van der Waals surface area contributed by atoms with Crippen LogP contribution in [0.1, 0.15) is 27.2 Å². The number of fused-ring (bicyclic) bond motifs is 1. The summed E-state index contributed by atoms with van der Waals surface area (Å²) in [4.78, 5) is 20.6. The van der Waals surface area contributed by atoms with Crippen LogP contribution >= 0.6 is 0 Å². The number of aromatic nitrogens is 1. The highest BCUT2D eigenvalue weighted by Gasteiger charge is 2.09. The second-order valence-electron chi connectivity index (χ2n) is 6.70. The van der Waals surface area contributed by atoms with Crippen LogP contribution in [-0.2, 0) is 0 Å². The summed E-state index contributed by atoms with van der Waals surface area (Å²) in [5.41, 5.74) is 4.46. The van der Waals surface area contributed by atoms with E-state index >= 15 is 0 Å². The van der Waals surface area contributed by atoms with E-state index in [0.29, 0.717) is 16.8 Å². The highest BCUT2D eigenvalue weighted by atomic mass is 19.1. The quantitative estimate of drug-likeness (QED) is 0.247. The van der Waals surface area contributed by atoms with Crippen LogP contribution in [0.4, 0.5) is 10.1 Å². The van der Waals surface area contributed by atoms with Crippen LogP contribution in [0.15, 0.2) is 83.9 Å². The number of benzene rings is 3. The summed E-state index contributed by atoms with van der Waals surface area (Å²) in [6.45, 7) is 2.00. The highest BCUT2D eigenvalue weighted by molar-refractivity contribution is 6.10. The zero-order valence-corrected chi connectivity index (χ0v) is 15.9. The van der Waals surface area contributed by atoms with Crippen molar-refractivity contribution in [1.82, 2.24) is 4.98 Å². The molecular formula is C25H19FN2O. The van der Waals surface area contributed by atoms with E-state index in [0.717, 1.165) is 22.2 Å². The van der Waals surface area contributed by atoms with E-state index in [1.54, 1.807) is 42.6 Å². The van der Waals surface area contributed by atoms with Gasteiger partial charge in [-0.15, -0.1) is 0 Å². The van der Waals surface area contributed by atoms with Crippen LogP contribution in [0.25, 0.3) is 17.0 Å². The van der Waals surface area contributed by atoms with E-state index in [-0.39, 0.29) is 11.6 Å². The summed E-state index contributed by atoms with van der Waals surface area (Å²) in [7, 11) is 0. The molecule has 0 aliphatic heterocycles. The number of rotatable bonds is 5. The van der Waals surface area contributed by atoms with Crippen molar-refractivity contribution in [2.24, 2.45) is 4.99 Å². The minimum absolute atomic E-state index is 0.225. The minimum Gasteiger partial charge on any atom is -0.358 e. The molecule has 4 aromatic rings. The maximum Gasteiger partial charge on any atom is 0.188 e. The molecule has 1 aromatic heterocycles. The molecule has 0 aliphatic carbocycles. The summed E-state index contributed by atoms with van der Waals surface area (Å²) in [5, 5.41) is 1.08. The third-order valence-electron chi connectivity index (χ3n) is 4.77. The molecule has 0 bridgehead atoms. The van der Waals surface area contributed by atoms with Gasteiger partial charge in [0, 0.05) is 39.5 Å². The lowest BCUT2D eigenvalue weighted by Crippen LogP contribution is -1.95. The van der Waals surface area contributed by atoms with E-state index in [2.05, 4.69) is 9.98 Å². The largest absolute Gasteiger partial charge is 0.358 e. The van der Waals surface area contributed by atoms with Crippen LogP contribution in [0.5, 0.6) is 0 Å². The topological polar surface area (TPSA) is 45.2 Å². The summed E-state index contributed by atoms with van der Waals surface area (Å²) < 4.78 is 13.8. The molecule has 0 atom stereocenters. The Hall–Kier alpha value is -3.79. The van der Waals surface area contributed by atoms with Gasteiger partial charge in [-0.3, -0.25) is 9.79 Å². The molecule has 3 aromatic carbocycles. The normalized spacial score (nSPS) is 11.7. The number of carbonyl (C=O) groups is 1. The molecule has 142 valence electrons. The summed E-state index contributed by atoms with van der Waals surface area (Å²) in [5.74, 6) is -0.589. The SMILES string of the molecule is Cc1[nH]c2ccccc2c1C=Nc1ccccc1C(=O)/C=C/c1ccccc1F. The van der Waals surface area contributed by atoms with Crippen molar-refractivity contribution in [2.45, 2.75) is 6.92 Å². The van der Waals surface area contributed by atoms with Gasteiger partial charge in [0.05, 0.1) is 5.69 Å². The van der Waals surface area contributed by atoms with E-state index in [4.69, 9.17) is 0 Å². The van der Waals surface area contributed by atoms with Crippen LogP contribution in [-0.4, -0.2) is 17.0 Å². The van der Waals surface area contributed by atoms with Gasteiger partial charge in [0.15, 0.2) is 5.78 Å². The Morgan fingerprint density at radius 3 is 2.55 bits per heavy atom. The molecule has 1 N–H and O–H groups in total. The lowest BCUT2D eigenvalue weighted by atomic mass is 10.1. The Morgan fingerprint density at radius 1 is 0.966 bits per heavy atom. The number of H-pyrrole nitrogens is 1. The molecule has 0 fully saturated rings. The average molecular weight is 382 g/mol. The van der Waals surface area contributed by atoms with Crippen LogP contribution in [0.2, 0.25) is 0 Å². The fourth-order valence-corrected chi connectivity index (χ4v) is 3.26. The summed E-state index contributed by atoms with van der Waals surface area (Å²) in [6.07, 6.45) is 4.65. The average Bonchev–Trinajstić information content (AvgIpc) is 3.06. The number of aryl methyl sites for hydroxylation is 1. The van der Waals surface area contributed by atoms with Gasteiger partial charge in [0.2, 0.25) is 0 Å². The zero-order valence-electron chi connectivity index (χ0n) is 15.9. The lowest BCUT2D eigenvalue weighted by Gasteiger charge is -2.02. The van der Waals surface area contributed by atoms with E-state index in [1.807, 2.05) is 37.3 Å². The summed E-state index contributed by atoms with van der Waals surface area (Å²) in [6, 6.07) is 21.5. The van der Waals surface area contributed by atoms with Gasteiger partial charge in [-0.05, 0) is 43.3 Å². The molecule has 0 saturated heterocycles. The van der Waals surface area contributed by atoms with Crippen molar-refractivity contribution in [3.05, 3.63) is 107 Å². The molecule has 29 heavy (non-hydrogen) atoms. The second kappa shape index (κ2) is 8.07. The van der Waals surface area contributed by atoms with Gasteiger partial charge in [0.25, 0.3) is 0 Å². The molecule has 0 unspecified atom stereocenters. The molecule has 0 saturated carbocycles. The minimum atomic E-state index is -0.363. The number of ketones is 1. The Kier molecular flexibility index (Phi) is 5.16. The molecule has 4 heteroatoms. The third kappa shape index (κ3) is 3.92. The molecule has 0 aliphatic rings. The molecule has 4 rings (SSSR count). The first-order chi connectivity index (χ1) is 14.1. The fraction of sp³-hybridized carbons (Fsp3) is 0.0400. The van der Waals surface area contributed by atoms with Gasteiger partial charge in [-0.2, -0.15) is 0 Å². The van der Waals surface area contributed by atoms with Crippen LogP contribution in [0.3, 0.4) is 0 Å². The van der Waals surface area contributed by atoms with Crippen molar-refractivity contribution in [3.8, 4) is 0 Å². The number of aliphatic imine (C=N–C) groups is 1. The number of hydrogen-bond acceptors (Lipinski definition) is 2. The van der Waals surface area contributed by atoms with E-state index in [1.165, 1.54) is 18.2 Å². The number of para-hydroxylation sites is 2. The summed E-state index contributed by atoms with van der Waals surface area (Å²) >= 11 is 0. The Balaban J connectivity index is 1.65. The molecule has 1 heterocycles. The first kappa shape index (κ1) is 18.6. The van der Waals surface area contributed by atoms with Crippen molar-refractivity contribution >= 4 is 34.7 Å². The monoisotopic (exact) mass is 382 g/mol. The van der Waals surface area contributed by atoms with Crippen molar-refractivity contribution in [2.75, 3.05) is 0 Å². The highest BCUT2D eigenvalue weighted by Crippen LogP contribution is 2.24. The maximum atomic E-state index is 13.8. The zero-order chi connectivity index (χ0) is 20.2. The standard InChI is InChI=1S/C25H19FN2O/c1-17-21(19-9-3-7-13-24(19)28-17)16-27-23-12-6-4-10-20(23)25(29)15-14-18-8-2-5-11-22(18)26/h2-16,28H,1H3/b15-14+,27-16?. The number of nitrogens with one attached hydrogen (secondary N) is 1. The molecule has 0 radical (unpaired) electrons. The van der Waals surface area contributed by atoms with Crippen LogP contribution in [0, 0.1) is 12.7 Å². The van der Waals surface area contributed by atoms with Gasteiger partial charge < -0.3 is 4.98 Å². The Bertz CT molecular complexity index is 1250. The Morgan fingerprint density at radius 2 is 1.69 bits per heavy atom. The fourth-order valence-electron chi connectivity index (χ4n) is 3.26. The molecule has 0 spiro atoms. The predicted molar refractivity (Wildman–Crippen MR) is 116 cm³/mol. The smallest absolute Gasteiger partial charge is 0.188 e. The number of nitrogens with zero attached hydrogens (tertiary/aromatic N) is 1. The number of carbonyl (C=O) groups excluding carboxylic acids is 1. The first-order valence-corrected chi connectivity index (χ1v) is 9.31. The van der Waals surface area contributed by atoms with Gasteiger partial charge in [-0.1, -0.05) is 48.5 Å². The van der Waals surface area contributed by atoms with Crippen molar-refractivity contribution < 1.29 is 9.18 Å². The van der Waals surface area contributed by atoms with E-state index in [9.17, 15) is 9.18 Å².